The Labute approximate surface area is 137 Å². The van der Waals surface area contributed by atoms with E-state index < -0.39 is 5.41 Å². The molecule has 0 unspecified atom stereocenters. The summed E-state index contributed by atoms with van der Waals surface area (Å²) >= 11 is 23.0. The molecule has 0 bridgehead atoms. The molecule has 0 radical (unpaired) electrons. The van der Waals surface area contributed by atoms with Crippen molar-refractivity contribution in [3.8, 4) is 0 Å². The number of amides is 1. The van der Waals surface area contributed by atoms with Gasteiger partial charge in [0.05, 0.1) is 26.1 Å². The summed E-state index contributed by atoms with van der Waals surface area (Å²) in [5.41, 5.74) is 5.31. The Kier molecular flexibility index (Phi) is 4.80. The van der Waals surface area contributed by atoms with Crippen LogP contribution in [0.25, 0.3) is 0 Å². The number of rotatable bonds is 3. The number of thiocarbonyl (C=S) groups is 1. The largest absolute Gasteiger partial charge is 0.392 e. The summed E-state index contributed by atoms with van der Waals surface area (Å²) in [4.78, 5) is 12.8. The third kappa shape index (κ3) is 2.89. The summed E-state index contributed by atoms with van der Waals surface area (Å²) in [7, 11) is 0. The molecule has 0 spiro atoms. The first kappa shape index (κ1) is 15.8. The molecule has 0 atom stereocenters. The van der Waals surface area contributed by atoms with E-state index in [4.69, 9.17) is 52.8 Å². The van der Waals surface area contributed by atoms with E-state index in [2.05, 4.69) is 5.32 Å². The fourth-order valence-corrected chi connectivity index (χ4v) is 3.67. The number of nitrogens with two attached hydrogens (primary N) is 1. The number of hydrogen-bond acceptors (Lipinski definition) is 2. The standard InChI is InChI=1S/C13H13Cl3N2OS/c14-7-5-8(15)10(9(16)6-7)18-12(19)13(11(17)20)3-1-2-4-13/h5-6H,1-4H2,(H2,17,20)(H,18,19). The van der Waals surface area contributed by atoms with E-state index in [-0.39, 0.29) is 20.9 Å². The van der Waals surface area contributed by atoms with Gasteiger partial charge in [0, 0.05) is 5.02 Å². The van der Waals surface area contributed by atoms with Gasteiger partial charge in [-0.15, -0.1) is 0 Å². The predicted octanol–water partition coefficient (Wildman–Crippen LogP) is 4.43. The second kappa shape index (κ2) is 6.06. The molecule has 1 saturated carbocycles. The molecule has 1 fully saturated rings. The van der Waals surface area contributed by atoms with Gasteiger partial charge in [-0.05, 0) is 25.0 Å². The van der Waals surface area contributed by atoms with Crippen molar-refractivity contribution in [2.24, 2.45) is 11.1 Å². The maximum absolute atomic E-state index is 12.5. The molecule has 1 aromatic rings. The van der Waals surface area contributed by atoms with Gasteiger partial charge >= 0.3 is 0 Å². The maximum atomic E-state index is 12.5. The number of nitrogens with one attached hydrogen (secondary N) is 1. The lowest BCUT2D eigenvalue weighted by atomic mass is 9.85. The van der Waals surface area contributed by atoms with E-state index in [1.54, 1.807) is 0 Å². The first-order valence-electron chi connectivity index (χ1n) is 6.13. The Balaban J connectivity index is 2.30. The highest BCUT2D eigenvalue weighted by Gasteiger charge is 2.44. The van der Waals surface area contributed by atoms with Gasteiger partial charge in [0.2, 0.25) is 5.91 Å². The monoisotopic (exact) mass is 350 g/mol. The van der Waals surface area contributed by atoms with E-state index in [0.717, 1.165) is 12.8 Å². The van der Waals surface area contributed by atoms with Gasteiger partial charge in [-0.25, -0.2) is 0 Å². The van der Waals surface area contributed by atoms with Crippen molar-refractivity contribution >= 4 is 63.6 Å². The van der Waals surface area contributed by atoms with Crippen LogP contribution in [0.4, 0.5) is 5.69 Å². The molecule has 1 aromatic carbocycles. The molecule has 0 heterocycles. The van der Waals surface area contributed by atoms with Gasteiger partial charge < -0.3 is 11.1 Å². The Morgan fingerprint density at radius 2 is 1.70 bits per heavy atom. The van der Waals surface area contributed by atoms with Crippen LogP contribution in [0.5, 0.6) is 0 Å². The number of anilines is 1. The lowest BCUT2D eigenvalue weighted by Gasteiger charge is -2.26. The average Bonchev–Trinajstić information content (AvgIpc) is 2.83. The van der Waals surface area contributed by atoms with Gasteiger partial charge in [-0.1, -0.05) is 59.9 Å². The van der Waals surface area contributed by atoms with Crippen LogP contribution < -0.4 is 11.1 Å². The molecule has 1 aliphatic carbocycles. The third-order valence-corrected chi connectivity index (χ3v) is 4.81. The SMILES string of the molecule is NC(=S)C1(C(=O)Nc2c(Cl)cc(Cl)cc2Cl)CCCC1. The third-order valence-electron chi connectivity index (χ3n) is 3.61. The van der Waals surface area contributed by atoms with Crippen LogP contribution in [-0.4, -0.2) is 10.9 Å². The zero-order valence-electron chi connectivity index (χ0n) is 10.5. The number of halogens is 3. The van der Waals surface area contributed by atoms with E-state index in [0.29, 0.717) is 23.6 Å². The summed E-state index contributed by atoms with van der Waals surface area (Å²) < 4.78 is 0. The fourth-order valence-electron chi connectivity index (χ4n) is 2.46. The second-order valence-electron chi connectivity index (χ2n) is 4.85. The van der Waals surface area contributed by atoms with Crippen LogP contribution in [0.1, 0.15) is 25.7 Å². The van der Waals surface area contributed by atoms with Crippen LogP contribution >= 0.6 is 47.0 Å². The molecular formula is C13H13Cl3N2OS. The molecule has 0 aromatic heterocycles. The first-order chi connectivity index (χ1) is 9.36. The summed E-state index contributed by atoms with van der Waals surface area (Å²) in [5.74, 6) is -0.256. The second-order valence-corrected chi connectivity index (χ2v) is 6.54. The number of carbonyl (C=O) groups excluding carboxylic acids is 1. The van der Waals surface area contributed by atoms with Crippen molar-refractivity contribution in [3.05, 3.63) is 27.2 Å². The molecule has 7 heteroatoms. The molecule has 108 valence electrons. The molecule has 3 nitrogen and oxygen atoms in total. The molecule has 1 aliphatic rings. The average molecular weight is 352 g/mol. The molecular weight excluding hydrogens is 339 g/mol. The predicted molar refractivity (Wildman–Crippen MR) is 87.8 cm³/mol. The maximum Gasteiger partial charge on any atom is 0.237 e. The highest BCUT2D eigenvalue weighted by molar-refractivity contribution is 7.80. The normalized spacial score (nSPS) is 16.9. The van der Waals surface area contributed by atoms with Gasteiger partial charge in [0.25, 0.3) is 0 Å². The van der Waals surface area contributed by atoms with Crippen molar-refractivity contribution in [2.75, 3.05) is 5.32 Å². The van der Waals surface area contributed by atoms with Gasteiger partial charge in [0.1, 0.15) is 0 Å². The lowest BCUT2D eigenvalue weighted by Crippen LogP contribution is -2.44. The topological polar surface area (TPSA) is 55.1 Å². The molecule has 0 aliphatic heterocycles. The van der Waals surface area contributed by atoms with Crippen molar-refractivity contribution < 1.29 is 4.79 Å². The van der Waals surface area contributed by atoms with E-state index >= 15 is 0 Å². The van der Waals surface area contributed by atoms with Gasteiger partial charge in [0.15, 0.2) is 0 Å². The summed E-state index contributed by atoms with van der Waals surface area (Å²) in [6.45, 7) is 0. The minimum Gasteiger partial charge on any atom is -0.392 e. The molecule has 1 amide bonds. The van der Waals surface area contributed by atoms with E-state index in [1.807, 2.05) is 0 Å². The van der Waals surface area contributed by atoms with Crippen LogP contribution in [0.3, 0.4) is 0 Å². The zero-order valence-corrected chi connectivity index (χ0v) is 13.6. The Morgan fingerprint density at radius 3 is 2.15 bits per heavy atom. The summed E-state index contributed by atoms with van der Waals surface area (Å²) in [6.07, 6.45) is 3.15. The summed E-state index contributed by atoms with van der Waals surface area (Å²) in [5, 5.41) is 3.71. The van der Waals surface area contributed by atoms with E-state index in [1.165, 1.54) is 12.1 Å². The van der Waals surface area contributed by atoms with Crippen LogP contribution in [-0.2, 0) is 4.79 Å². The lowest BCUT2D eigenvalue weighted by molar-refractivity contribution is -0.122. The van der Waals surface area contributed by atoms with Crippen LogP contribution in [0, 0.1) is 5.41 Å². The Hall–Kier alpha value is -0.550. The van der Waals surface area contributed by atoms with Crippen molar-refractivity contribution in [2.45, 2.75) is 25.7 Å². The van der Waals surface area contributed by atoms with Crippen LogP contribution in [0.15, 0.2) is 12.1 Å². The minimum absolute atomic E-state index is 0.216. The van der Waals surface area contributed by atoms with Crippen molar-refractivity contribution in [1.29, 1.82) is 0 Å². The van der Waals surface area contributed by atoms with E-state index in [9.17, 15) is 4.79 Å². The van der Waals surface area contributed by atoms with Gasteiger partial charge in [-0.3, -0.25) is 4.79 Å². The van der Waals surface area contributed by atoms with Crippen LogP contribution in [0.2, 0.25) is 15.1 Å². The Morgan fingerprint density at radius 1 is 1.20 bits per heavy atom. The molecule has 2 rings (SSSR count). The van der Waals surface area contributed by atoms with Crippen molar-refractivity contribution in [3.63, 3.8) is 0 Å². The van der Waals surface area contributed by atoms with Crippen molar-refractivity contribution in [1.82, 2.24) is 0 Å². The number of benzene rings is 1. The highest BCUT2D eigenvalue weighted by atomic mass is 35.5. The fraction of sp³-hybridized carbons (Fsp3) is 0.385. The molecule has 3 N–H and O–H groups in total. The molecule has 20 heavy (non-hydrogen) atoms. The quantitative estimate of drug-likeness (QED) is 0.792. The van der Waals surface area contributed by atoms with Gasteiger partial charge in [-0.2, -0.15) is 0 Å². The Bertz CT molecular complexity index is 548. The molecule has 0 saturated heterocycles. The first-order valence-corrected chi connectivity index (χ1v) is 7.67. The smallest absolute Gasteiger partial charge is 0.237 e. The number of carbonyl (C=O) groups is 1. The highest BCUT2D eigenvalue weighted by Crippen LogP contribution is 2.41. The number of hydrogen-bond donors (Lipinski definition) is 2. The minimum atomic E-state index is -0.804. The summed E-state index contributed by atoms with van der Waals surface area (Å²) in [6, 6.07) is 3.04. The zero-order chi connectivity index (χ0) is 14.9.